The van der Waals surface area contributed by atoms with Crippen molar-refractivity contribution >= 4 is 23.2 Å². The summed E-state index contributed by atoms with van der Waals surface area (Å²) in [5.74, 6) is 1.45. The molecule has 2 aromatic carbocycles. The zero-order valence-corrected chi connectivity index (χ0v) is 20.0. The Hall–Kier alpha value is -1.54. The van der Waals surface area contributed by atoms with Crippen molar-refractivity contribution in [2.75, 3.05) is 0 Å². The number of hydrogen-bond donors (Lipinski definition) is 2. The zero-order valence-electron chi connectivity index (χ0n) is 16.1. The van der Waals surface area contributed by atoms with Gasteiger partial charge in [0.15, 0.2) is 0 Å². The fourth-order valence-electron chi connectivity index (χ4n) is 1.96. The SMILES string of the molecule is Oc1cccc(CCl)c1.Oc1cccc(CCl)c1.[C-]1=CC=CC1.[C-]1=CC=CC1.[Zr+2]. The van der Waals surface area contributed by atoms with Gasteiger partial charge in [0.1, 0.15) is 11.5 Å². The van der Waals surface area contributed by atoms with E-state index in [-0.39, 0.29) is 37.7 Å². The van der Waals surface area contributed by atoms with E-state index in [0.717, 1.165) is 24.0 Å². The number of benzene rings is 2. The van der Waals surface area contributed by atoms with Gasteiger partial charge in [0, 0.05) is 11.8 Å². The second-order valence-corrected chi connectivity index (χ2v) is 6.15. The average molecular weight is 507 g/mol. The average Bonchev–Trinajstić information content (AvgIpc) is 3.47. The van der Waals surface area contributed by atoms with Crippen molar-refractivity contribution in [2.24, 2.45) is 0 Å². The maximum Gasteiger partial charge on any atom is 2.00 e. The molecule has 0 bridgehead atoms. The Morgan fingerprint density at radius 3 is 1.31 bits per heavy atom. The summed E-state index contributed by atoms with van der Waals surface area (Å²) < 4.78 is 0. The number of allylic oxidation sites excluding steroid dienone is 8. The van der Waals surface area contributed by atoms with E-state index in [4.69, 9.17) is 33.4 Å². The smallest absolute Gasteiger partial charge is 0.508 e. The van der Waals surface area contributed by atoms with Crippen molar-refractivity contribution in [3.05, 3.63) is 108 Å². The molecule has 0 aliphatic heterocycles. The largest absolute Gasteiger partial charge is 2.00 e. The summed E-state index contributed by atoms with van der Waals surface area (Å²) in [7, 11) is 0. The fraction of sp³-hybridized carbons (Fsp3) is 0.167. The molecule has 5 heteroatoms. The fourth-order valence-corrected chi connectivity index (χ4v) is 2.29. The van der Waals surface area contributed by atoms with Crippen LogP contribution in [0.1, 0.15) is 24.0 Å². The van der Waals surface area contributed by atoms with Crippen molar-refractivity contribution < 1.29 is 36.4 Å². The van der Waals surface area contributed by atoms with Crippen LogP contribution >= 0.6 is 23.2 Å². The van der Waals surface area contributed by atoms with Crippen LogP contribution in [0.3, 0.4) is 0 Å². The van der Waals surface area contributed by atoms with Gasteiger partial charge in [0.05, 0.1) is 0 Å². The number of alkyl halides is 2. The number of rotatable bonds is 2. The number of phenols is 2. The molecule has 29 heavy (non-hydrogen) atoms. The van der Waals surface area contributed by atoms with E-state index >= 15 is 0 Å². The number of phenolic OH excluding ortho intramolecular Hbond substituents is 2. The Kier molecular flexibility index (Phi) is 17.5. The molecule has 0 aromatic heterocycles. The van der Waals surface area contributed by atoms with Crippen LogP contribution in [0.2, 0.25) is 0 Å². The Labute approximate surface area is 203 Å². The number of halogens is 2. The van der Waals surface area contributed by atoms with E-state index in [1.807, 2.05) is 36.4 Å². The second kappa shape index (κ2) is 18.5. The first-order valence-electron chi connectivity index (χ1n) is 8.77. The molecule has 0 heterocycles. The van der Waals surface area contributed by atoms with E-state index < -0.39 is 0 Å². The molecule has 0 amide bonds. The molecule has 0 spiro atoms. The Morgan fingerprint density at radius 2 is 1.14 bits per heavy atom. The summed E-state index contributed by atoms with van der Waals surface area (Å²) in [5, 5.41) is 17.8. The van der Waals surface area contributed by atoms with E-state index in [0.29, 0.717) is 11.8 Å². The van der Waals surface area contributed by atoms with Crippen molar-refractivity contribution in [2.45, 2.75) is 24.6 Å². The maximum atomic E-state index is 8.89. The van der Waals surface area contributed by atoms with Crippen LogP contribution in [0.25, 0.3) is 0 Å². The van der Waals surface area contributed by atoms with Gasteiger partial charge in [-0.2, -0.15) is 12.2 Å². The minimum atomic E-state index is 0. The van der Waals surface area contributed by atoms with Gasteiger partial charge in [0.2, 0.25) is 0 Å². The molecule has 2 aliphatic carbocycles. The monoisotopic (exact) mass is 504 g/mol. The quantitative estimate of drug-likeness (QED) is 0.345. The van der Waals surface area contributed by atoms with Crippen molar-refractivity contribution in [1.82, 2.24) is 0 Å². The number of aromatic hydroxyl groups is 2. The first-order chi connectivity index (χ1) is 13.7. The van der Waals surface area contributed by atoms with Gasteiger partial charge in [0.25, 0.3) is 0 Å². The third-order valence-corrected chi connectivity index (χ3v) is 3.92. The molecule has 2 aliphatic rings. The molecular formula is C24H24Cl2O2Zr. The molecule has 2 nitrogen and oxygen atoms in total. The van der Waals surface area contributed by atoms with E-state index in [2.05, 4.69) is 24.3 Å². The standard InChI is InChI=1S/2C7H7ClO.2C5H5.Zr/c2*8-5-6-2-1-3-7(9)4-6;2*1-2-4-5-3-1;/h2*1-4,9H,5H2;2*1-3H,4H2;/q;;2*-1;+2. The third-order valence-electron chi connectivity index (χ3n) is 3.30. The van der Waals surface area contributed by atoms with Gasteiger partial charge < -0.3 is 10.2 Å². The summed E-state index contributed by atoms with van der Waals surface area (Å²) in [6.45, 7) is 0. The molecule has 2 N–H and O–H groups in total. The topological polar surface area (TPSA) is 40.5 Å². The van der Waals surface area contributed by atoms with Crippen molar-refractivity contribution in [3.63, 3.8) is 0 Å². The van der Waals surface area contributed by atoms with Crippen LogP contribution in [0.5, 0.6) is 11.5 Å². The minimum absolute atomic E-state index is 0. The molecule has 2 aromatic rings. The predicted octanol–water partition coefficient (Wildman–Crippen LogP) is 6.87. The Bertz CT molecular complexity index is 711. The van der Waals surface area contributed by atoms with Gasteiger partial charge in [-0.1, -0.05) is 24.3 Å². The Balaban J connectivity index is 0.000000369. The molecule has 0 saturated carbocycles. The molecule has 0 unspecified atom stereocenters. The first-order valence-corrected chi connectivity index (χ1v) is 9.83. The molecule has 0 fully saturated rings. The molecule has 4 rings (SSSR count). The second-order valence-electron chi connectivity index (χ2n) is 5.61. The van der Waals surface area contributed by atoms with Gasteiger partial charge in [-0.25, -0.2) is 24.3 Å². The summed E-state index contributed by atoms with van der Waals surface area (Å²) in [6.07, 6.45) is 20.0. The third kappa shape index (κ3) is 15.0. The molecule has 150 valence electrons. The van der Waals surface area contributed by atoms with Crippen molar-refractivity contribution in [1.29, 1.82) is 0 Å². The van der Waals surface area contributed by atoms with Crippen LogP contribution in [-0.4, -0.2) is 10.2 Å². The van der Waals surface area contributed by atoms with E-state index in [9.17, 15) is 0 Å². The van der Waals surface area contributed by atoms with Crippen LogP contribution in [0.4, 0.5) is 0 Å². The predicted molar refractivity (Wildman–Crippen MR) is 118 cm³/mol. The summed E-state index contributed by atoms with van der Waals surface area (Å²) in [4.78, 5) is 0. The molecule has 0 radical (unpaired) electrons. The normalized spacial score (nSPS) is 11.9. The Morgan fingerprint density at radius 1 is 0.724 bits per heavy atom. The molecular weight excluding hydrogens is 482 g/mol. The zero-order chi connectivity index (χ0) is 20.5. The summed E-state index contributed by atoms with van der Waals surface area (Å²) >= 11 is 11.0. The van der Waals surface area contributed by atoms with Gasteiger partial charge in [-0.15, -0.1) is 36.0 Å². The van der Waals surface area contributed by atoms with E-state index in [1.54, 1.807) is 36.4 Å². The van der Waals surface area contributed by atoms with Crippen LogP contribution in [0, 0.1) is 12.2 Å². The summed E-state index contributed by atoms with van der Waals surface area (Å²) in [5.41, 5.74) is 1.88. The van der Waals surface area contributed by atoms with Gasteiger partial charge >= 0.3 is 26.2 Å². The maximum absolute atomic E-state index is 8.89. The number of hydrogen-bond acceptors (Lipinski definition) is 2. The first kappa shape index (κ1) is 27.5. The molecule has 0 atom stereocenters. The van der Waals surface area contributed by atoms with Gasteiger partial charge in [-0.3, -0.25) is 12.2 Å². The van der Waals surface area contributed by atoms with Crippen LogP contribution in [0.15, 0.2) is 85.0 Å². The van der Waals surface area contributed by atoms with Crippen molar-refractivity contribution in [3.8, 4) is 11.5 Å². The van der Waals surface area contributed by atoms with Crippen LogP contribution in [-0.2, 0) is 38.0 Å². The summed E-state index contributed by atoms with van der Waals surface area (Å²) in [6, 6.07) is 13.8. The molecule has 0 saturated heterocycles. The van der Waals surface area contributed by atoms with Crippen LogP contribution < -0.4 is 0 Å². The van der Waals surface area contributed by atoms with Gasteiger partial charge in [-0.05, 0) is 35.4 Å². The minimum Gasteiger partial charge on any atom is -0.508 e. The van der Waals surface area contributed by atoms with E-state index in [1.165, 1.54) is 0 Å².